The Morgan fingerprint density at radius 1 is 1.12 bits per heavy atom. The number of amides is 3. The monoisotopic (exact) mass is 439 g/mol. The average molecular weight is 439 g/mol. The van der Waals surface area contributed by atoms with Crippen LogP contribution in [0.5, 0.6) is 5.75 Å². The second-order valence-electron chi connectivity index (χ2n) is 8.40. The molecule has 0 radical (unpaired) electrons. The van der Waals surface area contributed by atoms with Gasteiger partial charge in [0, 0.05) is 24.4 Å². The lowest BCUT2D eigenvalue weighted by Crippen LogP contribution is -2.53. The van der Waals surface area contributed by atoms with Crippen LogP contribution in [0.2, 0.25) is 0 Å². The van der Waals surface area contributed by atoms with Gasteiger partial charge in [-0.25, -0.2) is 4.39 Å². The van der Waals surface area contributed by atoms with Gasteiger partial charge in [-0.3, -0.25) is 24.6 Å². The van der Waals surface area contributed by atoms with E-state index in [0.717, 1.165) is 10.5 Å². The molecule has 3 aliphatic rings. The number of rotatable bonds is 5. The van der Waals surface area contributed by atoms with Gasteiger partial charge in [0.1, 0.15) is 17.1 Å². The summed E-state index contributed by atoms with van der Waals surface area (Å²) in [6.07, 6.45) is 0.345. The van der Waals surface area contributed by atoms with Crippen LogP contribution >= 0.6 is 0 Å². The molecule has 2 fully saturated rings. The third-order valence-corrected chi connectivity index (χ3v) is 6.68. The Bertz CT molecular complexity index is 1120. The third kappa shape index (κ3) is 2.85. The molecule has 32 heavy (non-hydrogen) atoms. The molecule has 3 heterocycles. The number of aromatic hydroxyl groups is 1. The standard InChI is InChI=1S/C23H22FN3O5/c1-32-9-8-27-20(29)18-17(10-12-2-5-14(28)6-3-12)26-23(19(18)21(27)30)15-11-13(24)4-7-16(15)25-22(23)31/h2-7,11,17-19,26,28H,8-10H2,1H3,(H,25,31)/t17?,18-,19+,23?/m1/s1. The summed E-state index contributed by atoms with van der Waals surface area (Å²) in [5.74, 6) is -3.54. The van der Waals surface area contributed by atoms with Crippen LogP contribution in [0.15, 0.2) is 42.5 Å². The highest BCUT2D eigenvalue weighted by Crippen LogP contribution is 2.53. The van der Waals surface area contributed by atoms with Crippen LogP contribution in [0, 0.1) is 17.7 Å². The molecule has 3 amide bonds. The maximum Gasteiger partial charge on any atom is 0.250 e. The number of benzene rings is 2. The number of carbonyl (C=O) groups is 3. The SMILES string of the molecule is COCCN1C(=O)[C@@H]2C(Cc3ccc(O)cc3)NC3(C(=O)Nc4ccc(F)cc43)[C@@H]2C1=O. The molecule has 4 atom stereocenters. The second-order valence-corrected chi connectivity index (χ2v) is 8.40. The van der Waals surface area contributed by atoms with Crippen LogP contribution in [0.1, 0.15) is 11.1 Å². The first-order chi connectivity index (χ1) is 15.4. The lowest BCUT2D eigenvalue weighted by molar-refractivity contribution is -0.143. The zero-order valence-corrected chi connectivity index (χ0v) is 17.3. The lowest BCUT2D eigenvalue weighted by atomic mass is 9.76. The lowest BCUT2D eigenvalue weighted by Gasteiger charge is -2.29. The minimum absolute atomic E-state index is 0.0841. The van der Waals surface area contributed by atoms with Crippen molar-refractivity contribution in [3.8, 4) is 5.75 Å². The highest BCUT2D eigenvalue weighted by Gasteiger charge is 2.70. The molecule has 2 aromatic rings. The number of imide groups is 1. The number of nitrogens with one attached hydrogen (secondary N) is 2. The molecule has 0 aromatic heterocycles. The number of methoxy groups -OCH3 is 1. The molecule has 166 valence electrons. The molecule has 8 nitrogen and oxygen atoms in total. The Hall–Kier alpha value is -3.30. The van der Waals surface area contributed by atoms with Crippen LogP contribution in [-0.2, 0) is 31.1 Å². The van der Waals surface area contributed by atoms with Gasteiger partial charge >= 0.3 is 0 Å². The number of likely N-dealkylation sites (tertiary alicyclic amines) is 1. The van der Waals surface area contributed by atoms with Crippen molar-refractivity contribution in [2.24, 2.45) is 11.8 Å². The van der Waals surface area contributed by atoms with Gasteiger partial charge in [0.05, 0.1) is 25.0 Å². The predicted molar refractivity (Wildman–Crippen MR) is 111 cm³/mol. The van der Waals surface area contributed by atoms with E-state index in [1.807, 2.05) is 0 Å². The number of nitrogens with zero attached hydrogens (tertiary/aromatic N) is 1. The first-order valence-electron chi connectivity index (χ1n) is 10.4. The summed E-state index contributed by atoms with van der Waals surface area (Å²) in [6.45, 7) is 0.262. The summed E-state index contributed by atoms with van der Waals surface area (Å²) in [5, 5.41) is 15.6. The predicted octanol–water partition coefficient (Wildman–Crippen LogP) is 1.14. The number of halogens is 1. The van der Waals surface area contributed by atoms with Gasteiger partial charge in [-0.05, 0) is 42.3 Å². The zero-order valence-electron chi connectivity index (χ0n) is 17.3. The summed E-state index contributed by atoms with van der Waals surface area (Å²) in [7, 11) is 1.48. The van der Waals surface area contributed by atoms with Gasteiger partial charge < -0.3 is 15.2 Å². The van der Waals surface area contributed by atoms with E-state index in [4.69, 9.17) is 4.74 Å². The van der Waals surface area contributed by atoms with Crippen LogP contribution < -0.4 is 10.6 Å². The normalized spacial score (nSPS) is 28.4. The summed E-state index contributed by atoms with van der Waals surface area (Å²) in [5.41, 5.74) is 0.0339. The van der Waals surface area contributed by atoms with Crippen LogP contribution in [0.25, 0.3) is 0 Å². The van der Waals surface area contributed by atoms with Gasteiger partial charge in [0.15, 0.2) is 0 Å². The number of anilines is 1. The fraction of sp³-hybridized carbons (Fsp3) is 0.348. The molecule has 0 bridgehead atoms. The third-order valence-electron chi connectivity index (χ3n) is 6.68. The Kier molecular flexibility index (Phi) is 4.75. The fourth-order valence-corrected chi connectivity index (χ4v) is 5.30. The average Bonchev–Trinajstić information content (AvgIpc) is 3.34. The topological polar surface area (TPSA) is 108 Å². The maximum atomic E-state index is 14.2. The van der Waals surface area contributed by atoms with E-state index < -0.39 is 41.0 Å². The molecule has 2 unspecified atom stereocenters. The van der Waals surface area contributed by atoms with E-state index in [2.05, 4.69) is 10.6 Å². The Morgan fingerprint density at radius 3 is 2.59 bits per heavy atom. The largest absolute Gasteiger partial charge is 0.508 e. The summed E-state index contributed by atoms with van der Waals surface area (Å²) in [4.78, 5) is 41.2. The maximum absolute atomic E-state index is 14.2. The molecule has 1 spiro atoms. The van der Waals surface area contributed by atoms with Gasteiger partial charge in [-0.1, -0.05) is 12.1 Å². The van der Waals surface area contributed by atoms with Crippen molar-refractivity contribution >= 4 is 23.4 Å². The summed E-state index contributed by atoms with van der Waals surface area (Å²) < 4.78 is 19.3. The molecule has 3 aliphatic heterocycles. The van der Waals surface area contributed by atoms with Crippen LogP contribution in [-0.4, -0.2) is 54.0 Å². The van der Waals surface area contributed by atoms with Gasteiger partial charge in [-0.2, -0.15) is 0 Å². The van der Waals surface area contributed by atoms with Crippen LogP contribution in [0.4, 0.5) is 10.1 Å². The summed E-state index contributed by atoms with van der Waals surface area (Å²) >= 11 is 0. The number of fused-ring (bicyclic) bond motifs is 4. The van der Waals surface area contributed by atoms with Crippen molar-refractivity contribution in [2.75, 3.05) is 25.6 Å². The minimum atomic E-state index is -1.54. The fourth-order valence-electron chi connectivity index (χ4n) is 5.30. The number of phenolic OH excluding ortho intramolecular Hbond substituents is 1. The van der Waals surface area contributed by atoms with Crippen molar-refractivity contribution in [3.05, 3.63) is 59.4 Å². The van der Waals surface area contributed by atoms with E-state index >= 15 is 0 Å². The smallest absolute Gasteiger partial charge is 0.250 e. The molecule has 0 saturated carbocycles. The number of ether oxygens (including phenoxy) is 1. The van der Waals surface area contributed by atoms with E-state index in [1.54, 1.807) is 12.1 Å². The molecule has 3 N–H and O–H groups in total. The van der Waals surface area contributed by atoms with Gasteiger partial charge in [0.25, 0.3) is 0 Å². The molecule has 2 saturated heterocycles. The summed E-state index contributed by atoms with van der Waals surface area (Å²) in [6, 6.07) is 9.93. The molecular weight excluding hydrogens is 417 g/mol. The number of hydrogen-bond donors (Lipinski definition) is 3. The van der Waals surface area contributed by atoms with E-state index in [1.165, 1.54) is 37.4 Å². The highest BCUT2D eigenvalue weighted by molar-refractivity contribution is 6.15. The highest BCUT2D eigenvalue weighted by atomic mass is 19.1. The molecule has 5 rings (SSSR count). The molecule has 9 heteroatoms. The first-order valence-corrected chi connectivity index (χ1v) is 10.4. The minimum Gasteiger partial charge on any atom is -0.508 e. The van der Waals surface area contributed by atoms with E-state index in [-0.39, 0.29) is 24.8 Å². The van der Waals surface area contributed by atoms with Crippen molar-refractivity contribution < 1.29 is 28.6 Å². The van der Waals surface area contributed by atoms with Gasteiger partial charge in [-0.15, -0.1) is 0 Å². The molecular formula is C23H22FN3O5. The van der Waals surface area contributed by atoms with Crippen molar-refractivity contribution in [3.63, 3.8) is 0 Å². The Morgan fingerprint density at radius 2 is 1.88 bits per heavy atom. The number of phenols is 1. The second kappa shape index (κ2) is 7.39. The number of carbonyl (C=O) groups excluding carboxylic acids is 3. The van der Waals surface area contributed by atoms with E-state index in [9.17, 15) is 23.9 Å². The van der Waals surface area contributed by atoms with Crippen molar-refractivity contribution in [2.45, 2.75) is 18.0 Å². The molecule has 0 aliphatic carbocycles. The first kappa shape index (κ1) is 20.6. The van der Waals surface area contributed by atoms with Gasteiger partial charge in [0.2, 0.25) is 17.7 Å². The quantitative estimate of drug-likeness (QED) is 0.603. The van der Waals surface area contributed by atoms with Crippen molar-refractivity contribution in [1.29, 1.82) is 0 Å². The van der Waals surface area contributed by atoms with Crippen LogP contribution in [0.3, 0.4) is 0 Å². The zero-order chi connectivity index (χ0) is 22.6. The molecule has 2 aromatic carbocycles. The van der Waals surface area contributed by atoms with E-state index in [0.29, 0.717) is 17.7 Å². The number of hydrogen-bond acceptors (Lipinski definition) is 6. The Balaban J connectivity index is 1.61. The van der Waals surface area contributed by atoms with Crippen molar-refractivity contribution in [1.82, 2.24) is 10.2 Å². The Labute approximate surface area is 183 Å².